The van der Waals surface area contributed by atoms with Crippen molar-refractivity contribution < 1.29 is 19.4 Å². The standard InChI is InChI=1S/C11H20O4/c1-4-6-14-7-5-10(12)8-15-11(13)9(2)3/h10,12H,2,4-8H2,1,3H3. The summed E-state index contributed by atoms with van der Waals surface area (Å²) in [6.07, 6.45) is 0.773. The Bertz CT molecular complexity index is 201. The van der Waals surface area contributed by atoms with Crippen LogP contribution in [-0.2, 0) is 14.3 Å². The second-order valence-corrected chi connectivity index (χ2v) is 3.43. The second-order valence-electron chi connectivity index (χ2n) is 3.43. The summed E-state index contributed by atoms with van der Waals surface area (Å²) in [7, 11) is 0. The molecule has 1 atom stereocenters. The van der Waals surface area contributed by atoms with E-state index in [1.165, 1.54) is 0 Å². The van der Waals surface area contributed by atoms with Gasteiger partial charge in [-0.05, 0) is 19.8 Å². The number of hydrogen-bond donors (Lipinski definition) is 1. The maximum atomic E-state index is 11.0. The fraction of sp³-hybridized carbons (Fsp3) is 0.727. The lowest BCUT2D eigenvalue weighted by Crippen LogP contribution is -2.20. The second kappa shape index (κ2) is 8.44. The van der Waals surface area contributed by atoms with E-state index in [1.54, 1.807) is 6.92 Å². The molecule has 88 valence electrons. The summed E-state index contributed by atoms with van der Waals surface area (Å²) >= 11 is 0. The molecule has 0 aromatic heterocycles. The fourth-order valence-corrected chi connectivity index (χ4v) is 0.844. The molecular weight excluding hydrogens is 196 g/mol. The Hall–Kier alpha value is -0.870. The van der Waals surface area contributed by atoms with Gasteiger partial charge < -0.3 is 14.6 Å². The van der Waals surface area contributed by atoms with Gasteiger partial charge in [-0.2, -0.15) is 0 Å². The van der Waals surface area contributed by atoms with Crippen LogP contribution in [0.4, 0.5) is 0 Å². The molecule has 0 saturated carbocycles. The molecule has 0 aliphatic heterocycles. The van der Waals surface area contributed by atoms with Crippen molar-refractivity contribution in [2.75, 3.05) is 19.8 Å². The van der Waals surface area contributed by atoms with Gasteiger partial charge in [0, 0.05) is 18.8 Å². The minimum absolute atomic E-state index is 0.00117. The van der Waals surface area contributed by atoms with Gasteiger partial charge in [0.1, 0.15) is 6.61 Å². The highest BCUT2D eigenvalue weighted by Crippen LogP contribution is 1.98. The highest BCUT2D eigenvalue weighted by atomic mass is 16.5. The first-order valence-corrected chi connectivity index (χ1v) is 5.16. The lowest BCUT2D eigenvalue weighted by atomic mass is 10.3. The molecule has 0 aliphatic carbocycles. The first-order chi connectivity index (χ1) is 7.07. The molecule has 0 aliphatic rings. The number of carbonyl (C=O) groups is 1. The molecule has 0 aromatic rings. The molecule has 4 heteroatoms. The zero-order chi connectivity index (χ0) is 11.7. The molecule has 0 bridgehead atoms. The van der Waals surface area contributed by atoms with Crippen LogP contribution in [0.25, 0.3) is 0 Å². The van der Waals surface area contributed by atoms with E-state index in [0.29, 0.717) is 25.2 Å². The molecular formula is C11H20O4. The van der Waals surface area contributed by atoms with Crippen LogP contribution in [0.2, 0.25) is 0 Å². The molecule has 0 radical (unpaired) electrons. The monoisotopic (exact) mass is 216 g/mol. The van der Waals surface area contributed by atoms with Crippen LogP contribution in [0.15, 0.2) is 12.2 Å². The number of ether oxygens (including phenoxy) is 2. The van der Waals surface area contributed by atoms with E-state index >= 15 is 0 Å². The number of rotatable bonds is 8. The van der Waals surface area contributed by atoms with E-state index in [1.807, 2.05) is 6.92 Å². The molecule has 1 N–H and O–H groups in total. The number of aliphatic hydroxyl groups is 1. The predicted octanol–water partition coefficient (Wildman–Crippen LogP) is 1.28. The molecule has 0 saturated heterocycles. The SMILES string of the molecule is C=C(C)C(=O)OCC(O)CCOCCC. The zero-order valence-electron chi connectivity index (χ0n) is 9.49. The third-order valence-electron chi connectivity index (χ3n) is 1.70. The number of esters is 1. The van der Waals surface area contributed by atoms with E-state index in [4.69, 9.17) is 9.47 Å². The third kappa shape index (κ3) is 8.15. The topological polar surface area (TPSA) is 55.8 Å². The molecule has 0 fully saturated rings. The average molecular weight is 216 g/mol. The van der Waals surface area contributed by atoms with Gasteiger partial charge in [0.2, 0.25) is 0 Å². The third-order valence-corrected chi connectivity index (χ3v) is 1.70. The minimum atomic E-state index is -0.662. The first kappa shape index (κ1) is 14.1. The summed E-state index contributed by atoms with van der Waals surface area (Å²) in [5.74, 6) is -0.469. The van der Waals surface area contributed by atoms with Crippen LogP contribution < -0.4 is 0 Å². The van der Waals surface area contributed by atoms with Gasteiger partial charge in [-0.1, -0.05) is 13.5 Å². The van der Waals surface area contributed by atoms with E-state index in [0.717, 1.165) is 6.42 Å². The zero-order valence-corrected chi connectivity index (χ0v) is 9.49. The van der Waals surface area contributed by atoms with Crippen molar-refractivity contribution in [2.24, 2.45) is 0 Å². The Balaban J connectivity index is 3.44. The largest absolute Gasteiger partial charge is 0.460 e. The van der Waals surface area contributed by atoms with Gasteiger partial charge in [-0.15, -0.1) is 0 Å². The molecule has 0 amide bonds. The number of carbonyl (C=O) groups excluding carboxylic acids is 1. The van der Waals surface area contributed by atoms with Crippen molar-refractivity contribution in [3.05, 3.63) is 12.2 Å². The van der Waals surface area contributed by atoms with Crippen molar-refractivity contribution in [1.82, 2.24) is 0 Å². The van der Waals surface area contributed by atoms with E-state index < -0.39 is 12.1 Å². The van der Waals surface area contributed by atoms with Crippen molar-refractivity contribution in [3.63, 3.8) is 0 Å². The number of aliphatic hydroxyl groups excluding tert-OH is 1. The Morgan fingerprint density at radius 1 is 1.47 bits per heavy atom. The van der Waals surface area contributed by atoms with Gasteiger partial charge in [0.25, 0.3) is 0 Å². The number of hydrogen-bond acceptors (Lipinski definition) is 4. The van der Waals surface area contributed by atoms with Crippen LogP contribution in [0, 0.1) is 0 Å². The van der Waals surface area contributed by atoms with Gasteiger partial charge in [0.05, 0.1) is 6.10 Å². The fourth-order valence-electron chi connectivity index (χ4n) is 0.844. The van der Waals surface area contributed by atoms with Gasteiger partial charge in [-0.3, -0.25) is 0 Å². The lowest BCUT2D eigenvalue weighted by Gasteiger charge is -2.11. The van der Waals surface area contributed by atoms with Crippen molar-refractivity contribution in [1.29, 1.82) is 0 Å². The summed E-state index contributed by atoms with van der Waals surface area (Å²) in [6.45, 7) is 8.21. The van der Waals surface area contributed by atoms with Crippen molar-refractivity contribution in [3.8, 4) is 0 Å². The van der Waals surface area contributed by atoms with Crippen LogP contribution in [0.3, 0.4) is 0 Å². The van der Waals surface area contributed by atoms with E-state index in [2.05, 4.69) is 6.58 Å². The highest BCUT2D eigenvalue weighted by molar-refractivity contribution is 5.86. The van der Waals surface area contributed by atoms with Gasteiger partial charge in [-0.25, -0.2) is 4.79 Å². The molecule has 0 heterocycles. The molecule has 0 spiro atoms. The minimum Gasteiger partial charge on any atom is -0.460 e. The molecule has 0 aromatic carbocycles. The van der Waals surface area contributed by atoms with E-state index in [-0.39, 0.29) is 6.61 Å². The lowest BCUT2D eigenvalue weighted by molar-refractivity contribution is -0.142. The van der Waals surface area contributed by atoms with E-state index in [9.17, 15) is 9.90 Å². The molecule has 15 heavy (non-hydrogen) atoms. The van der Waals surface area contributed by atoms with Gasteiger partial charge in [0.15, 0.2) is 0 Å². The van der Waals surface area contributed by atoms with Crippen LogP contribution in [-0.4, -0.2) is 37.0 Å². The molecule has 0 rings (SSSR count). The smallest absolute Gasteiger partial charge is 0.333 e. The summed E-state index contributed by atoms with van der Waals surface area (Å²) in [5, 5.41) is 9.39. The summed E-state index contributed by atoms with van der Waals surface area (Å²) in [4.78, 5) is 11.0. The highest BCUT2D eigenvalue weighted by Gasteiger charge is 2.08. The summed E-state index contributed by atoms with van der Waals surface area (Å²) in [6, 6.07) is 0. The van der Waals surface area contributed by atoms with Crippen LogP contribution in [0.1, 0.15) is 26.7 Å². The van der Waals surface area contributed by atoms with Crippen molar-refractivity contribution >= 4 is 5.97 Å². The maximum Gasteiger partial charge on any atom is 0.333 e. The summed E-state index contributed by atoms with van der Waals surface area (Å²) < 4.78 is 9.97. The Morgan fingerprint density at radius 2 is 2.13 bits per heavy atom. The quantitative estimate of drug-likeness (QED) is 0.377. The maximum absolute atomic E-state index is 11.0. The average Bonchev–Trinajstić information content (AvgIpc) is 2.20. The Morgan fingerprint density at radius 3 is 2.67 bits per heavy atom. The van der Waals surface area contributed by atoms with Crippen LogP contribution in [0.5, 0.6) is 0 Å². The summed E-state index contributed by atoms with van der Waals surface area (Å²) in [5.41, 5.74) is 0.337. The van der Waals surface area contributed by atoms with Gasteiger partial charge >= 0.3 is 5.97 Å². The Labute approximate surface area is 90.9 Å². The van der Waals surface area contributed by atoms with Crippen LogP contribution >= 0.6 is 0 Å². The van der Waals surface area contributed by atoms with Crippen molar-refractivity contribution in [2.45, 2.75) is 32.8 Å². The first-order valence-electron chi connectivity index (χ1n) is 5.16. The predicted molar refractivity (Wildman–Crippen MR) is 57.5 cm³/mol. The normalized spacial score (nSPS) is 12.2. The molecule has 1 unspecified atom stereocenters. The Kier molecular flexibility index (Phi) is 7.95. The molecule has 4 nitrogen and oxygen atoms in total.